The Morgan fingerprint density at radius 2 is 1.56 bits per heavy atom. The van der Waals surface area contributed by atoms with Crippen molar-refractivity contribution in [2.24, 2.45) is 5.41 Å². The molecule has 0 spiro atoms. The van der Waals surface area contributed by atoms with Crippen LogP contribution < -0.4 is 0 Å². The summed E-state index contributed by atoms with van der Waals surface area (Å²) in [7, 11) is 0. The van der Waals surface area contributed by atoms with Crippen LogP contribution in [0.4, 0.5) is 0 Å². The molecule has 0 heterocycles. The summed E-state index contributed by atoms with van der Waals surface area (Å²) in [4.78, 5) is 21.2. The van der Waals surface area contributed by atoms with Gasteiger partial charge in [0.2, 0.25) is 0 Å². The Bertz CT molecular complexity index is 305. The summed E-state index contributed by atoms with van der Waals surface area (Å²) in [5.74, 6) is 2.12. The molecule has 0 bridgehead atoms. The molecule has 0 amide bonds. The lowest BCUT2D eigenvalue weighted by Gasteiger charge is -2.21. The van der Waals surface area contributed by atoms with Crippen molar-refractivity contribution in [3.63, 3.8) is 0 Å². The molecule has 0 saturated carbocycles. The molecule has 6 nitrogen and oxygen atoms in total. The number of rotatable bonds is 6. The van der Waals surface area contributed by atoms with Crippen LogP contribution in [0.15, 0.2) is 0 Å². The van der Waals surface area contributed by atoms with Crippen molar-refractivity contribution in [2.75, 3.05) is 13.2 Å². The van der Waals surface area contributed by atoms with E-state index in [1.54, 1.807) is 0 Å². The molecule has 0 unspecified atom stereocenters. The van der Waals surface area contributed by atoms with Crippen molar-refractivity contribution < 1.29 is 30.0 Å². The van der Waals surface area contributed by atoms with Crippen molar-refractivity contribution in [3.8, 4) is 11.8 Å². The van der Waals surface area contributed by atoms with Gasteiger partial charge in [-0.2, -0.15) is 0 Å². The number of hydrogen-bond acceptors (Lipinski definition) is 4. The summed E-state index contributed by atoms with van der Waals surface area (Å²) in [5.41, 5.74) is -1.57. The molecule has 0 rings (SSSR count). The van der Waals surface area contributed by atoms with Crippen LogP contribution in [-0.2, 0) is 9.59 Å². The first-order valence-corrected chi connectivity index (χ1v) is 4.65. The van der Waals surface area contributed by atoms with Crippen LogP contribution in [0.3, 0.4) is 0 Å². The maximum Gasteiger partial charge on any atom is 0.322 e. The van der Waals surface area contributed by atoms with Gasteiger partial charge in [0.15, 0.2) is 0 Å². The van der Waals surface area contributed by atoms with Crippen LogP contribution in [-0.4, -0.2) is 45.6 Å². The Morgan fingerprint density at radius 1 is 1.06 bits per heavy atom. The summed E-state index contributed by atoms with van der Waals surface area (Å²) in [6.45, 7) is -0.790. The molecule has 0 fully saturated rings. The summed E-state index contributed by atoms with van der Waals surface area (Å²) in [5, 5.41) is 34.9. The fraction of sp³-hybridized carbons (Fsp3) is 0.600. The minimum absolute atomic E-state index is 0.143. The summed E-state index contributed by atoms with van der Waals surface area (Å²) >= 11 is 0. The molecular weight excluding hydrogens is 216 g/mol. The molecule has 16 heavy (non-hydrogen) atoms. The molecule has 0 aromatic carbocycles. The monoisotopic (exact) mass is 230 g/mol. The Kier molecular flexibility index (Phi) is 6.15. The number of carboxylic acid groups (broad SMARTS) is 2. The molecule has 0 atom stereocenters. The maximum atomic E-state index is 11.0. The van der Waals surface area contributed by atoms with E-state index in [0.717, 1.165) is 0 Å². The summed E-state index contributed by atoms with van der Waals surface area (Å²) < 4.78 is 0. The van der Waals surface area contributed by atoms with Gasteiger partial charge in [0, 0.05) is 13.2 Å². The lowest BCUT2D eigenvalue weighted by atomic mass is 9.82. The van der Waals surface area contributed by atoms with Gasteiger partial charge in [0.05, 0.1) is 0 Å². The molecule has 90 valence electrons. The van der Waals surface area contributed by atoms with E-state index >= 15 is 0 Å². The van der Waals surface area contributed by atoms with Gasteiger partial charge in [-0.25, -0.2) is 0 Å². The van der Waals surface area contributed by atoms with Crippen molar-refractivity contribution in [2.45, 2.75) is 19.3 Å². The van der Waals surface area contributed by atoms with Crippen LogP contribution >= 0.6 is 0 Å². The quantitative estimate of drug-likeness (QED) is 0.448. The van der Waals surface area contributed by atoms with E-state index in [1.165, 1.54) is 0 Å². The fourth-order valence-electron chi connectivity index (χ4n) is 1.19. The van der Waals surface area contributed by atoms with Crippen LogP contribution in [0, 0.1) is 17.3 Å². The first kappa shape index (κ1) is 14.4. The van der Waals surface area contributed by atoms with Crippen LogP contribution in [0.25, 0.3) is 0 Å². The van der Waals surface area contributed by atoms with Crippen LogP contribution in [0.5, 0.6) is 0 Å². The highest BCUT2D eigenvalue weighted by atomic mass is 16.4. The summed E-state index contributed by atoms with van der Waals surface area (Å²) in [6, 6.07) is 0. The number of carbonyl (C=O) groups is 2. The molecule has 0 aromatic rings. The molecule has 0 aliphatic rings. The zero-order valence-electron chi connectivity index (χ0n) is 8.64. The van der Waals surface area contributed by atoms with Gasteiger partial charge in [-0.15, -0.1) is 0 Å². The standard InChI is InChI=1S/C10H14O6/c11-6-4-10(5-7-12,9(15)16)3-1-2-8(13)14/h11-12H,2,4-7H2,(H,13,14)(H,15,16). The van der Waals surface area contributed by atoms with E-state index in [4.69, 9.17) is 20.4 Å². The average molecular weight is 230 g/mol. The fourth-order valence-corrected chi connectivity index (χ4v) is 1.19. The largest absolute Gasteiger partial charge is 0.481 e. The predicted octanol–water partition coefficient (Wildman–Crippen LogP) is -0.700. The van der Waals surface area contributed by atoms with Gasteiger partial charge in [-0.05, 0) is 12.8 Å². The molecule has 0 saturated heterocycles. The minimum Gasteiger partial charge on any atom is -0.481 e. The number of aliphatic hydroxyl groups is 2. The van der Waals surface area contributed by atoms with Gasteiger partial charge < -0.3 is 20.4 Å². The highest BCUT2D eigenvalue weighted by molar-refractivity contribution is 5.79. The second kappa shape index (κ2) is 6.82. The highest BCUT2D eigenvalue weighted by Crippen LogP contribution is 2.25. The van der Waals surface area contributed by atoms with Gasteiger partial charge in [0.1, 0.15) is 11.8 Å². The van der Waals surface area contributed by atoms with E-state index in [0.29, 0.717) is 0 Å². The zero-order valence-corrected chi connectivity index (χ0v) is 8.64. The van der Waals surface area contributed by atoms with Crippen molar-refractivity contribution in [1.82, 2.24) is 0 Å². The SMILES string of the molecule is O=C(O)CC#CC(CCO)(CCO)C(=O)O. The Morgan fingerprint density at radius 3 is 1.88 bits per heavy atom. The third-order valence-corrected chi connectivity index (χ3v) is 2.05. The smallest absolute Gasteiger partial charge is 0.322 e. The van der Waals surface area contributed by atoms with Crippen LogP contribution in [0.2, 0.25) is 0 Å². The third kappa shape index (κ3) is 4.29. The van der Waals surface area contributed by atoms with Crippen LogP contribution in [0.1, 0.15) is 19.3 Å². The summed E-state index contributed by atoms with van der Waals surface area (Å²) in [6.07, 6.45) is -0.753. The molecule has 0 aromatic heterocycles. The van der Waals surface area contributed by atoms with E-state index in [2.05, 4.69) is 11.8 Å². The van der Waals surface area contributed by atoms with Gasteiger partial charge in [-0.3, -0.25) is 9.59 Å². The predicted molar refractivity (Wildman–Crippen MR) is 53.5 cm³/mol. The molecule has 6 heteroatoms. The average Bonchev–Trinajstić information content (AvgIpc) is 2.17. The zero-order chi connectivity index (χ0) is 12.6. The number of hydrogen-bond donors (Lipinski definition) is 4. The normalized spacial score (nSPS) is 10.4. The Hall–Kier alpha value is -1.58. The molecule has 0 aliphatic carbocycles. The molecule has 0 radical (unpaired) electrons. The highest BCUT2D eigenvalue weighted by Gasteiger charge is 2.35. The second-order valence-electron chi connectivity index (χ2n) is 3.21. The first-order chi connectivity index (χ1) is 7.48. The van der Waals surface area contributed by atoms with E-state index < -0.39 is 37.0 Å². The maximum absolute atomic E-state index is 11.0. The number of carboxylic acids is 2. The molecular formula is C10H14O6. The van der Waals surface area contributed by atoms with E-state index in [9.17, 15) is 9.59 Å². The first-order valence-electron chi connectivity index (χ1n) is 4.65. The van der Waals surface area contributed by atoms with Gasteiger partial charge >= 0.3 is 11.9 Å². The third-order valence-electron chi connectivity index (χ3n) is 2.05. The molecule has 0 aliphatic heterocycles. The Labute approximate surface area is 92.5 Å². The Balaban J connectivity index is 4.91. The second-order valence-corrected chi connectivity index (χ2v) is 3.21. The van der Waals surface area contributed by atoms with Crippen molar-refractivity contribution in [1.29, 1.82) is 0 Å². The topological polar surface area (TPSA) is 115 Å². The lowest BCUT2D eigenvalue weighted by molar-refractivity contribution is -0.147. The molecule has 4 N–H and O–H groups in total. The van der Waals surface area contributed by atoms with Gasteiger partial charge in [-0.1, -0.05) is 11.8 Å². The van der Waals surface area contributed by atoms with Crippen molar-refractivity contribution >= 4 is 11.9 Å². The van der Waals surface area contributed by atoms with E-state index in [-0.39, 0.29) is 12.8 Å². The van der Waals surface area contributed by atoms with Crippen molar-refractivity contribution in [3.05, 3.63) is 0 Å². The minimum atomic E-state index is -1.57. The lowest BCUT2D eigenvalue weighted by Crippen LogP contribution is -2.32. The number of aliphatic hydroxyl groups excluding tert-OH is 2. The van der Waals surface area contributed by atoms with E-state index in [1.807, 2.05) is 0 Å². The van der Waals surface area contributed by atoms with Gasteiger partial charge in [0.25, 0.3) is 0 Å². The number of aliphatic carboxylic acids is 2.